The fraction of sp³-hybridized carbons (Fsp3) is 0.882. The van der Waals surface area contributed by atoms with Crippen LogP contribution in [0.15, 0.2) is 0 Å². The Morgan fingerprint density at radius 1 is 1.35 bits per heavy atom. The largest absolute Gasteiger partial charge is 0.341 e. The first-order valence-electron chi connectivity index (χ1n) is 8.96. The molecule has 3 amide bonds. The van der Waals surface area contributed by atoms with Gasteiger partial charge in [0.1, 0.15) is 0 Å². The quantitative estimate of drug-likeness (QED) is 0.800. The van der Waals surface area contributed by atoms with Crippen LogP contribution >= 0.6 is 0 Å². The summed E-state index contributed by atoms with van der Waals surface area (Å²) in [5.41, 5.74) is 0. The smallest absolute Gasteiger partial charge is 0.317 e. The van der Waals surface area contributed by atoms with E-state index in [9.17, 15) is 9.59 Å². The summed E-state index contributed by atoms with van der Waals surface area (Å²) in [7, 11) is 1.91. The SMILES string of the molecule is CC(C)CNC(=O)N1CCCC(CC(=O)N(C)C2CCNC2)C1. The van der Waals surface area contributed by atoms with Gasteiger partial charge in [0.25, 0.3) is 0 Å². The monoisotopic (exact) mass is 324 g/mol. The van der Waals surface area contributed by atoms with Gasteiger partial charge in [-0.25, -0.2) is 4.79 Å². The Bertz CT molecular complexity index is 407. The van der Waals surface area contributed by atoms with E-state index in [1.54, 1.807) is 0 Å². The Hall–Kier alpha value is -1.30. The zero-order valence-electron chi connectivity index (χ0n) is 14.8. The summed E-state index contributed by atoms with van der Waals surface area (Å²) in [5, 5.41) is 6.28. The van der Waals surface area contributed by atoms with Crippen molar-refractivity contribution in [3.8, 4) is 0 Å². The summed E-state index contributed by atoms with van der Waals surface area (Å²) in [5.74, 6) is 0.959. The molecule has 0 saturated carbocycles. The second-order valence-electron chi connectivity index (χ2n) is 7.39. The van der Waals surface area contributed by atoms with Crippen LogP contribution in [-0.4, -0.2) is 67.6 Å². The Morgan fingerprint density at radius 2 is 2.13 bits per heavy atom. The maximum absolute atomic E-state index is 12.5. The number of urea groups is 1. The number of nitrogens with one attached hydrogen (secondary N) is 2. The lowest BCUT2D eigenvalue weighted by atomic mass is 9.94. The average molecular weight is 324 g/mol. The number of hydrogen-bond donors (Lipinski definition) is 2. The second-order valence-corrected chi connectivity index (χ2v) is 7.39. The van der Waals surface area contributed by atoms with Crippen LogP contribution in [0.4, 0.5) is 4.79 Å². The van der Waals surface area contributed by atoms with E-state index >= 15 is 0 Å². The fourth-order valence-corrected chi connectivity index (χ4v) is 3.38. The summed E-state index contributed by atoms with van der Waals surface area (Å²) in [6.07, 6.45) is 3.62. The highest BCUT2D eigenvalue weighted by Crippen LogP contribution is 2.21. The molecule has 2 N–H and O–H groups in total. The Morgan fingerprint density at radius 3 is 2.78 bits per heavy atom. The first-order chi connectivity index (χ1) is 11.0. The standard InChI is InChI=1S/C17H32N4O2/c1-13(2)10-19-17(23)21-8-4-5-14(12-21)9-16(22)20(3)15-6-7-18-11-15/h13-15,18H,4-12H2,1-3H3,(H,19,23). The zero-order valence-corrected chi connectivity index (χ0v) is 14.8. The maximum Gasteiger partial charge on any atom is 0.317 e. The van der Waals surface area contributed by atoms with Crippen molar-refractivity contribution < 1.29 is 9.59 Å². The summed E-state index contributed by atoms with van der Waals surface area (Å²) in [4.78, 5) is 28.4. The molecule has 6 heteroatoms. The number of hydrogen-bond acceptors (Lipinski definition) is 3. The highest BCUT2D eigenvalue weighted by Gasteiger charge is 2.28. The van der Waals surface area contributed by atoms with Gasteiger partial charge in [-0.1, -0.05) is 13.8 Å². The van der Waals surface area contributed by atoms with Crippen LogP contribution in [0.2, 0.25) is 0 Å². The molecule has 0 aromatic rings. The van der Waals surface area contributed by atoms with E-state index < -0.39 is 0 Å². The van der Waals surface area contributed by atoms with E-state index in [2.05, 4.69) is 24.5 Å². The molecule has 0 aliphatic carbocycles. The molecule has 0 spiro atoms. The summed E-state index contributed by atoms with van der Waals surface area (Å²) < 4.78 is 0. The number of carbonyl (C=O) groups is 2. The molecule has 0 aromatic carbocycles. The van der Waals surface area contributed by atoms with Crippen molar-refractivity contribution in [1.82, 2.24) is 20.4 Å². The molecule has 2 rings (SSSR count). The lowest BCUT2D eigenvalue weighted by molar-refractivity contribution is -0.133. The lowest BCUT2D eigenvalue weighted by Crippen LogP contribution is -2.47. The molecule has 2 fully saturated rings. The minimum Gasteiger partial charge on any atom is -0.341 e. The molecule has 2 aliphatic heterocycles. The van der Waals surface area contributed by atoms with E-state index in [1.807, 2.05) is 16.8 Å². The van der Waals surface area contributed by atoms with Crippen LogP contribution in [0.3, 0.4) is 0 Å². The normalized spacial score (nSPS) is 24.8. The first-order valence-corrected chi connectivity index (χ1v) is 8.96. The highest BCUT2D eigenvalue weighted by atomic mass is 16.2. The molecule has 2 heterocycles. The van der Waals surface area contributed by atoms with Gasteiger partial charge in [0.05, 0.1) is 0 Å². The van der Waals surface area contributed by atoms with Crippen LogP contribution < -0.4 is 10.6 Å². The van der Waals surface area contributed by atoms with Gasteiger partial charge in [0.2, 0.25) is 5.91 Å². The number of likely N-dealkylation sites (N-methyl/N-ethyl adjacent to an activating group) is 1. The average Bonchev–Trinajstić information content (AvgIpc) is 3.06. The summed E-state index contributed by atoms with van der Waals surface area (Å²) >= 11 is 0. The van der Waals surface area contributed by atoms with Gasteiger partial charge >= 0.3 is 6.03 Å². The van der Waals surface area contributed by atoms with Crippen LogP contribution in [-0.2, 0) is 4.79 Å². The van der Waals surface area contributed by atoms with Crippen molar-refractivity contribution in [2.75, 3.05) is 39.8 Å². The predicted octanol–water partition coefficient (Wildman–Crippen LogP) is 1.27. The van der Waals surface area contributed by atoms with Gasteiger partial charge in [-0.15, -0.1) is 0 Å². The minimum atomic E-state index is 0.0178. The molecule has 2 atom stereocenters. The topological polar surface area (TPSA) is 64.7 Å². The van der Waals surface area contributed by atoms with Gasteiger partial charge < -0.3 is 20.4 Å². The predicted molar refractivity (Wildman–Crippen MR) is 91.2 cm³/mol. The fourth-order valence-electron chi connectivity index (χ4n) is 3.38. The van der Waals surface area contributed by atoms with E-state index in [0.717, 1.165) is 38.9 Å². The zero-order chi connectivity index (χ0) is 16.8. The van der Waals surface area contributed by atoms with Crippen molar-refractivity contribution in [1.29, 1.82) is 0 Å². The molecule has 0 radical (unpaired) electrons. The molecule has 0 aromatic heterocycles. The Balaban J connectivity index is 1.78. The number of piperidine rings is 1. The van der Waals surface area contributed by atoms with Crippen molar-refractivity contribution >= 4 is 11.9 Å². The molecular weight excluding hydrogens is 292 g/mol. The molecule has 6 nitrogen and oxygen atoms in total. The van der Waals surface area contributed by atoms with Gasteiger partial charge in [-0.2, -0.15) is 0 Å². The minimum absolute atomic E-state index is 0.0178. The number of amides is 3. The van der Waals surface area contributed by atoms with E-state index in [1.165, 1.54) is 0 Å². The third kappa shape index (κ3) is 5.37. The molecule has 2 saturated heterocycles. The molecule has 2 unspecified atom stereocenters. The lowest BCUT2D eigenvalue weighted by Gasteiger charge is -2.34. The maximum atomic E-state index is 12.5. The van der Waals surface area contributed by atoms with Gasteiger partial charge in [0, 0.05) is 45.7 Å². The summed E-state index contributed by atoms with van der Waals surface area (Å²) in [6.45, 7) is 8.28. The van der Waals surface area contributed by atoms with Gasteiger partial charge in [-0.05, 0) is 37.6 Å². The number of carbonyl (C=O) groups excluding carboxylic acids is 2. The van der Waals surface area contributed by atoms with Crippen LogP contribution in [0.5, 0.6) is 0 Å². The molecule has 0 bridgehead atoms. The third-order valence-corrected chi connectivity index (χ3v) is 4.91. The third-order valence-electron chi connectivity index (χ3n) is 4.91. The van der Waals surface area contributed by atoms with Crippen LogP contribution in [0.25, 0.3) is 0 Å². The highest BCUT2D eigenvalue weighted by molar-refractivity contribution is 5.77. The molecular formula is C17H32N4O2. The van der Waals surface area contributed by atoms with E-state index in [4.69, 9.17) is 0 Å². The van der Waals surface area contributed by atoms with Crippen molar-refractivity contribution in [3.63, 3.8) is 0 Å². The van der Waals surface area contributed by atoms with Crippen LogP contribution in [0, 0.1) is 11.8 Å². The molecule has 2 aliphatic rings. The van der Waals surface area contributed by atoms with Gasteiger partial charge in [-0.3, -0.25) is 4.79 Å². The van der Waals surface area contributed by atoms with Crippen LogP contribution in [0.1, 0.15) is 39.5 Å². The second kappa shape index (κ2) is 8.52. The molecule has 23 heavy (non-hydrogen) atoms. The Kier molecular flexibility index (Phi) is 6.69. The van der Waals surface area contributed by atoms with E-state index in [0.29, 0.717) is 31.5 Å². The Labute approximate surface area is 140 Å². The van der Waals surface area contributed by atoms with Gasteiger partial charge in [0.15, 0.2) is 0 Å². The number of nitrogens with zero attached hydrogens (tertiary/aromatic N) is 2. The molecule has 132 valence electrons. The number of likely N-dealkylation sites (tertiary alicyclic amines) is 1. The van der Waals surface area contributed by atoms with Crippen molar-refractivity contribution in [2.45, 2.75) is 45.6 Å². The van der Waals surface area contributed by atoms with Crippen molar-refractivity contribution in [2.24, 2.45) is 11.8 Å². The van der Waals surface area contributed by atoms with E-state index in [-0.39, 0.29) is 17.9 Å². The summed E-state index contributed by atoms with van der Waals surface area (Å²) in [6, 6.07) is 0.348. The van der Waals surface area contributed by atoms with Crippen molar-refractivity contribution in [3.05, 3.63) is 0 Å². The first kappa shape index (κ1) is 18.0. The number of rotatable bonds is 5.